The summed E-state index contributed by atoms with van der Waals surface area (Å²) in [4.78, 5) is 23.1. The normalized spacial score (nSPS) is 12.2. The van der Waals surface area contributed by atoms with E-state index in [1.54, 1.807) is 18.2 Å². The van der Waals surface area contributed by atoms with E-state index < -0.39 is 5.97 Å². The average molecular weight is 279 g/mol. The molecule has 0 saturated carbocycles. The van der Waals surface area contributed by atoms with Gasteiger partial charge in [-0.05, 0) is 24.0 Å². The highest BCUT2D eigenvalue weighted by atomic mass is 16.4. The van der Waals surface area contributed by atoms with Crippen molar-refractivity contribution in [3.63, 3.8) is 0 Å². The van der Waals surface area contributed by atoms with Gasteiger partial charge in [-0.3, -0.25) is 4.79 Å². The zero-order chi connectivity index (χ0) is 15.1. The van der Waals surface area contributed by atoms with Gasteiger partial charge in [0.05, 0.1) is 12.0 Å². The summed E-state index contributed by atoms with van der Waals surface area (Å²) in [5.74, 6) is -1.06. The van der Waals surface area contributed by atoms with Crippen LogP contribution < -0.4 is 5.32 Å². The number of carbonyl (C=O) groups excluding carboxylic acids is 1. The first-order valence-electron chi connectivity index (χ1n) is 6.67. The van der Waals surface area contributed by atoms with Gasteiger partial charge in [0, 0.05) is 12.6 Å². The number of nitrogens with one attached hydrogen (secondary N) is 1. The van der Waals surface area contributed by atoms with Crippen LogP contribution in [-0.2, 0) is 11.2 Å². The molecule has 1 aromatic rings. The number of aromatic carboxylic acids is 1. The summed E-state index contributed by atoms with van der Waals surface area (Å²) in [5, 5.41) is 20.9. The van der Waals surface area contributed by atoms with Gasteiger partial charge in [0.1, 0.15) is 0 Å². The summed E-state index contributed by atoms with van der Waals surface area (Å²) >= 11 is 0. The van der Waals surface area contributed by atoms with Gasteiger partial charge < -0.3 is 15.5 Å². The predicted molar refractivity (Wildman–Crippen MR) is 75.6 cm³/mol. The first-order chi connectivity index (χ1) is 9.45. The summed E-state index contributed by atoms with van der Waals surface area (Å²) in [6.07, 6.45) is 0.515. The number of carboxylic acids is 1. The highest BCUT2D eigenvalue weighted by Crippen LogP contribution is 2.11. The van der Waals surface area contributed by atoms with Crippen molar-refractivity contribution >= 4 is 11.9 Å². The van der Waals surface area contributed by atoms with Crippen LogP contribution in [0.1, 0.15) is 36.2 Å². The zero-order valence-electron chi connectivity index (χ0n) is 11.8. The second-order valence-electron chi connectivity index (χ2n) is 5.07. The second-order valence-corrected chi connectivity index (χ2v) is 5.07. The Hall–Kier alpha value is -1.88. The molecule has 20 heavy (non-hydrogen) atoms. The van der Waals surface area contributed by atoms with Crippen LogP contribution >= 0.6 is 0 Å². The summed E-state index contributed by atoms with van der Waals surface area (Å²) in [6.45, 7) is 3.94. The lowest BCUT2D eigenvalue weighted by Crippen LogP contribution is -2.40. The highest BCUT2D eigenvalue weighted by molar-refractivity contribution is 5.91. The largest absolute Gasteiger partial charge is 0.478 e. The van der Waals surface area contributed by atoms with E-state index in [2.05, 4.69) is 5.32 Å². The molecule has 5 heteroatoms. The fraction of sp³-hybridized carbons (Fsp3) is 0.467. The van der Waals surface area contributed by atoms with Crippen LogP contribution in [0.25, 0.3) is 0 Å². The standard InChI is InChI=1S/C15H21NO4/c1-10(2)13(7-8-17)16-14(18)9-11-5-3-4-6-12(11)15(19)20/h3-6,10,13,17H,7-9H2,1-2H3,(H,16,18)(H,19,20). The summed E-state index contributed by atoms with van der Waals surface area (Å²) in [6, 6.07) is 6.36. The van der Waals surface area contributed by atoms with E-state index in [-0.39, 0.29) is 36.5 Å². The highest BCUT2D eigenvalue weighted by Gasteiger charge is 2.17. The second kappa shape index (κ2) is 7.65. The van der Waals surface area contributed by atoms with Crippen LogP contribution in [0.2, 0.25) is 0 Å². The van der Waals surface area contributed by atoms with Gasteiger partial charge >= 0.3 is 5.97 Å². The Morgan fingerprint density at radius 3 is 2.45 bits per heavy atom. The van der Waals surface area contributed by atoms with Crippen molar-refractivity contribution in [2.24, 2.45) is 5.92 Å². The summed E-state index contributed by atoms with van der Waals surface area (Å²) < 4.78 is 0. The average Bonchev–Trinajstić information content (AvgIpc) is 2.38. The molecule has 0 aliphatic rings. The Kier molecular flexibility index (Phi) is 6.18. The van der Waals surface area contributed by atoms with Crippen molar-refractivity contribution in [1.82, 2.24) is 5.32 Å². The maximum absolute atomic E-state index is 12.0. The minimum absolute atomic E-state index is 0.00877. The molecule has 0 spiro atoms. The molecule has 0 aliphatic heterocycles. The third-order valence-electron chi connectivity index (χ3n) is 3.19. The number of carboxylic acid groups (broad SMARTS) is 1. The van der Waals surface area contributed by atoms with Gasteiger partial charge in [-0.25, -0.2) is 4.79 Å². The van der Waals surface area contributed by atoms with Crippen molar-refractivity contribution in [3.05, 3.63) is 35.4 Å². The predicted octanol–water partition coefficient (Wildman–Crippen LogP) is 1.45. The molecule has 1 atom stereocenters. The smallest absolute Gasteiger partial charge is 0.335 e. The van der Waals surface area contributed by atoms with Crippen LogP contribution in [0.5, 0.6) is 0 Å². The molecule has 5 nitrogen and oxygen atoms in total. The molecular weight excluding hydrogens is 258 g/mol. The van der Waals surface area contributed by atoms with Crippen molar-refractivity contribution in [2.45, 2.75) is 32.7 Å². The number of aliphatic hydroxyl groups is 1. The Bertz CT molecular complexity index is 471. The molecule has 1 rings (SSSR count). The molecule has 0 bridgehead atoms. The topological polar surface area (TPSA) is 86.6 Å². The van der Waals surface area contributed by atoms with Gasteiger partial charge in [-0.15, -0.1) is 0 Å². The molecule has 1 unspecified atom stereocenters. The van der Waals surface area contributed by atoms with E-state index in [0.29, 0.717) is 12.0 Å². The Morgan fingerprint density at radius 1 is 1.25 bits per heavy atom. The number of hydrogen-bond donors (Lipinski definition) is 3. The molecule has 3 N–H and O–H groups in total. The van der Waals surface area contributed by atoms with E-state index >= 15 is 0 Å². The fourth-order valence-corrected chi connectivity index (χ4v) is 2.03. The zero-order valence-corrected chi connectivity index (χ0v) is 11.8. The minimum Gasteiger partial charge on any atom is -0.478 e. The number of aliphatic hydroxyl groups excluding tert-OH is 1. The first-order valence-corrected chi connectivity index (χ1v) is 6.67. The van der Waals surface area contributed by atoms with Gasteiger partial charge in [0.2, 0.25) is 5.91 Å². The lowest BCUT2D eigenvalue weighted by atomic mass is 10.00. The fourth-order valence-electron chi connectivity index (χ4n) is 2.03. The van der Waals surface area contributed by atoms with E-state index in [9.17, 15) is 9.59 Å². The molecule has 1 aromatic carbocycles. The molecule has 110 valence electrons. The molecule has 0 aliphatic carbocycles. The molecule has 0 fully saturated rings. The number of benzene rings is 1. The quantitative estimate of drug-likeness (QED) is 0.705. The maximum atomic E-state index is 12.0. The lowest BCUT2D eigenvalue weighted by Gasteiger charge is -2.21. The van der Waals surface area contributed by atoms with E-state index in [1.165, 1.54) is 6.07 Å². The lowest BCUT2D eigenvalue weighted by molar-refractivity contribution is -0.121. The third kappa shape index (κ3) is 4.66. The van der Waals surface area contributed by atoms with Gasteiger partial charge in [0.25, 0.3) is 0 Å². The van der Waals surface area contributed by atoms with Crippen molar-refractivity contribution in [3.8, 4) is 0 Å². The van der Waals surface area contributed by atoms with Crippen molar-refractivity contribution in [2.75, 3.05) is 6.61 Å². The van der Waals surface area contributed by atoms with Crippen molar-refractivity contribution < 1.29 is 19.8 Å². The Balaban J connectivity index is 2.73. The number of carbonyl (C=O) groups is 2. The van der Waals surface area contributed by atoms with E-state index in [0.717, 1.165) is 0 Å². The van der Waals surface area contributed by atoms with E-state index in [1.807, 2.05) is 13.8 Å². The van der Waals surface area contributed by atoms with Gasteiger partial charge in [0.15, 0.2) is 0 Å². The Morgan fingerprint density at radius 2 is 1.90 bits per heavy atom. The number of hydrogen-bond acceptors (Lipinski definition) is 3. The van der Waals surface area contributed by atoms with Crippen LogP contribution in [0, 0.1) is 5.92 Å². The van der Waals surface area contributed by atoms with Crippen molar-refractivity contribution in [1.29, 1.82) is 0 Å². The van der Waals surface area contributed by atoms with Crippen LogP contribution in [0.4, 0.5) is 0 Å². The molecule has 0 radical (unpaired) electrons. The molecule has 0 saturated heterocycles. The minimum atomic E-state index is -1.04. The third-order valence-corrected chi connectivity index (χ3v) is 3.19. The SMILES string of the molecule is CC(C)C(CCO)NC(=O)Cc1ccccc1C(=O)O. The number of rotatable bonds is 7. The summed E-state index contributed by atoms with van der Waals surface area (Å²) in [7, 11) is 0. The molecule has 0 heterocycles. The van der Waals surface area contributed by atoms with Gasteiger partial charge in [-0.2, -0.15) is 0 Å². The molecular formula is C15H21NO4. The molecule has 0 aromatic heterocycles. The monoisotopic (exact) mass is 279 g/mol. The van der Waals surface area contributed by atoms with Gasteiger partial charge in [-0.1, -0.05) is 32.0 Å². The first kappa shape index (κ1) is 16.2. The van der Waals surface area contributed by atoms with Crippen LogP contribution in [-0.4, -0.2) is 34.7 Å². The maximum Gasteiger partial charge on any atom is 0.335 e. The van der Waals surface area contributed by atoms with Crippen LogP contribution in [0.15, 0.2) is 24.3 Å². The Labute approximate surface area is 118 Å². The van der Waals surface area contributed by atoms with E-state index in [4.69, 9.17) is 10.2 Å². The van der Waals surface area contributed by atoms with Crippen LogP contribution in [0.3, 0.4) is 0 Å². The summed E-state index contributed by atoms with van der Waals surface area (Å²) in [5.41, 5.74) is 0.634. The number of amides is 1. The molecule has 1 amide bonds.